The summed E-state index contributed by atoms with van der Waals surface area (Å²) in [4.78, 5) is 0. The molecule has 0 fully saturated rings. The van der Waals surface area contributed by atoms with Crippen molar-refractivity contribution in [1.29, 1.82) is 0 Å². The van der Waals surface area contributed by atoms with Gasteiger partial charge in [-0.1, -0.05) is 18.2 Å². The minimum atomic E-state index is -0.245. The van der Waals surface area contributed by atoms with E-state index in [9.17, 15) is 4.39 Å². The molecule has 0 saturated heterocycles. The molecule has 0 amide bonds. The molecule has 0 aliphatic rings. The van der Waals surface area contributed by atoms with Crippen LogP contribution < -0.4 is 0 Å². The molecule has 1 N–H and O–H groups in total. The van der Waals surface area contributed by atoms with Crippen LogP contribution in [-0.4, -0.2) is 5.11 Å². The molecule has 90 valence electrons. The van der Waals surface area contributed by atoms with Crippen molar-refractivity contribution < 1.29 is 13.9 Å². The summed E-state index contributed by atoms with van der Waals surface area (Å²) in [6, 6.07) is 13.9. The van der Waals surface area contributed by atoms with Crippen molar-refractivity contribution in [3.05, 3.63) is 60.1 Å². The summed E-state index contributed by atoms with van der Waals surface area (Å²) in [6.45, 7) is -0.111. The fraction of sp³-hybridized carbons (Fsp3) is 0.0667. The third kappa shape index (κ3) is 1.89. The van der Waals surface area contributed by atoms with Crippen LogP contribution in [0.15, 0.2) is 52.9 Å². The number of rotatable bonds is 2. The molecular formula is C15H11FO2. The van der Waals surface area contributed by atoms with Gasteiger partial charge in [0.15, 0.2) is 0 Å². The molecule has 0 spiro atoms. The molecule has 2 nitrogen and oxygen atoms in total. The van der Waals surface area contributed by atoms with E-state index in [4.69, 9.17) is 9.52 Å². The second kappa shape index (κ2) is 4.27. The lowest BCUT2D eigenvalue weighted by Gasteiger charge is -2.01. The van der Waals surface area contributed by atoms with Gasteiger partial charge in [-0.15, -0.1) is 0 Å². The van der Waals surface area contributed by atoms with Crippen molar-refractivity contribution in [1.82, 2.24) is 0 Å². The zero-order chi connectivity index (χ0) is 12.5. The molecule has 0 aliphatic heterocycles. The van der Waals surface area contributed by atoms with Gasteiger partial charge in [0.1, 0.15) is 23.8 Å². The Balaban J connectivity index is 2.09. The summed E-state index contributed by atoms with van der Waals surface area (Å²) in [5.74, 6) is 0.298. The van der Waals surface area contributed by atoms with Crippen LogP contribution in [-0.2, 0) is 6.61 Å². The molecular weight excluding hydrogens is 231 g/mol. The molecule has 0 bridgehead atoms. The lowest BCUT2D eigenvalue weighted by Crippen LogP contribution is -1.78. The highest BCUT2D eigenvalue weighted by Gasteiger charge is 2.05. The molecule has 0 aliphatic carbocycles. The Morgan fingerprint density at radius 1 is 0.944 bits per heavy atom. The Morgan fingerprint density at radius 3 is 2.39 bits per heavy atom. The Hall–Kier alpha value is -2.13. The van der Waals surface area contributed by atoms with Crippen molar-refractivity contribution in [2.75, 3.05) is 0 Å². The summed E-state index contributed by atoms with van der Waals surface area (Å²) in [7, 11) is 0. The number of hydrogen-bond donors (Lipinski definition) is 1. The van der Waals surface area contributed by atoms with Gasteiger partial charge in [0, 0.05) is 5.39 Å². The lowest BCUT2D eigenvalue weighted by atomic mass is 10.0. The SMILES string of the molecule is OCc1cc2cc(-c3ccc(F)cc3)ccc2o1. The van der Waals surface area contributed by atoms with Crippen LogP contribution in [0.3, 0.4) is 0 Å². The summed E-state index contributed by atoms with van der Waals surface area (Å²) in [6.07, 6.45) is 0. The Kier molecular flexibility index (Phi) is 2.61. The monoisotopic (exact) mass is 242 g/mol. The quantitative estimate of drug-likeness (QED) is 0.742. The van der Waals surface area contributed by atoms with E-state index in [1.165, 1.54) is 12.1 Å². The van der Waals surface area contributed by atoms with E-state index in [-0.39, 0.29) is 12.4 Å². The fourth-order valence-electron chi connectivity index (χ4n) is 2.00. The van der Waals surface area contributed by atoms with E-state index in [1.807, 2.05) is 24.3 Å². The first-order valence-corrected chi connectivity index (χ1v) is 5.65. The second-order valence-corrected chi connectivity index (χ2v) is 4.13. The van der Waals surface area contributed by atoms with Crippen LogP contribution in [0.2, 0.25) is 0 Å². The summed E-state index contributed by atoms with van der Waals surface area (Å²) < 4.78 is 18.3. The maximum Gasteiger partial charge on any atom is 0.134 e. The fourth-order valence-corrected chi connectivity index (χ4v) is 2.00. The van der Waals surface area contributed by atoms with Gasteiger partial charge in [-0.3, -0.25) is 0 Å². The van der Waals surface area contributed by atoms with Crippen LogP contribution in [0.25, 0.3) is 22.1 Å². The number of benzene rings is 2. The van der Waals surface area contributed by atoms with Gasteiger partial charge in [0.05, 0.1) is 0 Å². The number of aliphatic hydroxyl groups excluding tert-OH is 1. The van der Waals surface area contributed by atoms with E-state index < -0.39 is 0 Å². The van der Waals surface area contributed by atoms with Crippen LogP contribution in [0.4, 0.5) is 4.39 Å². The van der Waals surface area contributed by atoms with Gasteiger partial charge in [0.2, 0.25) is 0 Å². The van der Waals surface area contributed by atoms with Crippen molar-refractivity contribution >= 4 is 11.0 Å². The third-order valence-electron chi connectivity index (χ3n) is 2.90. The Labute approximate surface area is 103 Å². The number of furan rings is 1. The largest absolute Gasteiger partial charge is 0.459 e. The minimum absolute atomic E-state index is 0.111. The number of halogens is 1. The maximum absolute atomic E-state index is 12.9. The normalized spacial score (nSPS) is 11.0. The summed E-state index contributed by atoms with van der Waals surface area (Å²) in [5.41, 5.74) is 2.68. The van der Waals surface area contributed by atoms with Gasteiger partial charge >= 0.3 is 0 Å². The molecule has 1 heterocycles. The number of hydrogen-bond acceptors (Lipinski definition) is 2. The predicted molar refractivity (Wildman–Crippen MR) is 67.5 cm³/mol. The van der Waals surface area contributed by atoms with E-state index in [1.54, 1.807) is 12.1 Å². The van der Waals surface area contributed by atoms with Crippen molar-refractivity contribution in [3.63, 3.8) is 0 Å². The second-order valence-electron chi connectivity index (χ2n) is 4.13. The summed E-state index contributed by atoms with van der Waals surface area (Å²) >= 11 is 0. The third-order valence-corrected chi connectivity index (χ3v) is 2.90. The van der Waals surface area contributed by atoms with Gasteiger partial charge < -0.3 is 9.52 Å². The molecule has 3 aromatic rings. The van der Waals surface area contributed by atoms with Crippen molar-refractivity contribution in [3.8, 4) is 11.1 Å². The molecule has 3 rings (SSSR count). The predicted octanol–water partition coefficient (Wildman–Crippen LogP) is 3.73. The van der Waals surface area contributed by atoms with Crippen LogP contribution in [0.5, 0.6) is 0 Å². The van der Waals surface area contributed by atoms with Crippen LogP contribution in [0, 0.1) is 5.82 Å². The van der Waals surface area contributed by atoms with Gasteiger partial charge in [0.25, 0.3) is 0 Å². The zero-order valence-corrected chi connectivity index (χ0v) is 9.56. The first kappa shape index (κ1) is 11.0. The first-order valence-electron chi connectivity index (χ1n) is 5.65. The topological polar surface area (TPSA) is 33.4 Å². The maximum atomic E-state index is 12.9. The van der Waals surface area contributed by atoms with Crippen LogP contribution >= 0.6 is 0 Å². The minimum Gasteiger partial charge on any atom is -0.459 e. The van der Waals surface area contributed by atoms with Gasteiger partial charge in [-0.05, 0) is 41.5 Å². The molecule has 0 unspecified atom stereocenters. The van der Waals surface area contributed by atoms with E-state index in [0.29, 0.717) is 5.76 Å². The molecule has 0 atom stereocenters. The van der Waals surface area contributed by atoms with E-state index in [0.717, 1.165) is 22.1 Å². The zero-order valence-electron chi connectivity index (χ0n) is 9.56. The lowest BCUT2D eigenvalue weighted by molar-refractivity contribution is 0.251. The highest BCUT2D eigenvalue weighted by atomic mass is 19.1. The Bertz CT molecular complexity index is 683. The summed E-state index contributed by atoms with van der Waals surface area (Å²) in [5, 5.41) is 9.95. The van der Waals surface area contributed by atoms with E-state index >= 15 is 0 Å². The molecule has 2 aromatic carbocycles. The van der Waals surface area contributed by atoms with Crippen LogP contribution in [0.1, 0.15) is 5.76 Å². The molecule has 0 radical (unpaired) electrons. The van der Waals surface area contributed by atoms with Gasteiger partial charge in [-0.2, -0.15) is 0 Å². The van der Waals surface area contributed by atoms with Gasteiger partial charge in [-0.25, -0.2) is 4.39 Å². The van der Waals surface area contributed by atoms with E-state index in [2.05, 4.69) is 0 Å². The average molecular weight is 242 g/mol. The molecule has 0 saturated carbocycles. The van der Waals surface area contributed by atoms with Crippen molar-refractivity contribution in [2.45, 2.75) is 6.61 Å². The smallest absolute Gasteiger partial charge is 0.134 e. The average Bonchev–Trinajstić information content (AvgIpc) is 2.81. The number of aliphatic hydroxyl groups is 1. The Morgan fingerprint density at radius 2 is 1.67 bits per heavy atom. The standard InChI is InChI=1S/C15H11FO2/c16-13-4-1-10(2-5-13)11-3-6-15-12(7-11)8-14(9-17)18-15/h1-8,17H,9H2. The van der Waals surface area contributed by atoms with Crippen molar-refractivity contribution in [2.24, 2.45) is 0 Å². The molecule has 1 aromatic heterocycles. The first-order chi connectivity index (χ1) is 8.76. The highest BCUT2D eigenvalue weighted by Crippen LogP contribution is 2.26. The highest BCUT2D eigenvalue weighted by molar-refractivity contribution is 5.84. The number of fused-ring (bicyclic) bond motifs is 1. The molecule has 3 heteroatoms. The molecule has 18 heavy (non-hydrogen) atoms.